The van der Waals surface area contributed by atoms with Gasteiger partial charge in [0.05, 0.1) is 4.92 Å². The molecule has 0 atom stereocenters. The van der Waals surface area contributed by atoms with Crippen LogP contribution in [0.25, 0.3) is 0 Å². The quantitative estimate of drug-likeness (QED) is 0.583. The van der Waals surface area contributed by atoms with Gasteiger partial charge >= 0.3 is 5.69 Å². The fraction of sp³-hybridized carbons (Fsp3) is 0.222. The van der Waals surface area contributed by atoms with E-state index < -0.39 is 4.92 Å². The van der Waals surface area contributed by atoms with Crippen LogP contribution >= 0.6 is 0 Å². The van der Waals surface area contributed by atoms with Gasteiger partial charge in [-0.25, -0.2) is 4.98 Å². The molecular weight excluding hydrogens is 224 g/mol. The first-order valence-electron chi connectivity index (χ1n) is 4.94. The lowest BCUT2D eigenvalue weighted by Gasteiger charge is -2.04. The van der Waals surface area contributed by atoms with Gasteiger partial charge in [-0.3, -0.25) is 20.2 Å². The summed E-state index contributed by atoms with van der Waals surface area (Å²) in [4.78, 5) is 17.9. The van der Waals surface area contributed by atoms with Crippen molar-refractivity contribution in [2.24, 2.45) is 0 Å². The smallest absolute Gasteiger partial charge is 0.310 e. The SMILES string of the molecule is O=[N+]([O-])c1cnccc1NCCc1ncn[nH]1. The number of nitrogens with one attached hydrogen (secondary N) is 2. The first kappa shape index (κ1) is 11.0. The molecule has 2 heterocycles. The summed E-state index contributed by atoms with van der Waals surface area (Å²) in [5.74, 6) is 0.731. The molecule has 2 aromatic rings. The van der Waals surface area contributed by atoms with E-state index in [0.717, 1.165) is 5.82 Å². The van der Waals surface area contributed by atoms with Crippen molar-refractivity contribution in [3.8, 4) is 0 Å². The first-order valence-corrected chi connectivity index (χ1v) is 4.94. The minimum absolute atomic E-state index is 0.0370. The number of aromatic amines is 1. The van der Waals surface area contributed by atoms with Crippen molar-refractivity contribution >= 4 is 11.4 Å². The van der Waals surface area contributed by atoms with Crippen molar-refractivity contribution in [1.29, 1.82) is 0 Å². The van der Waals surface area contributed by atoms with Gasteiger partial charge in [0.25, 0.3) is 0 Å². The predicted molar refractivity (Wildman–Crippen MR) is 59.5 cm³/mol. The van der Waals surface area contributed by atoms with Gasteiger partial charge in [0.1, 0.15) is 24.0 Å². The van der Waals surface area contributed by atoms with Gasteiger partial charge in [0.15, 0.2) is 0 Å². The minimum Gasteiger partial charge on any atom is -0.379 e. The third kappa shape index (κ3) is 2.74. The molecule has 0 saturated heterocycles. The van der Waals surface area contributed by atoms with Crippen molar-refractivity contribution in [3.05, 3.63) is 40.7 Å². The number of hydrogen-bond acceptors (Lipinski definition) is 6. The van der Waals surface area contributed by atoms with Crippen LogP contribution in [0.5, 0.6) is 0 Å². The number of H-pyrrole nitrogens is 1. The second-order valence-corrected chi connectivity index (χ2v) is 3.26. The highest BCUT2D eigenvalue weighted by Gasteiger charge is 2.12. The van der Waals surface area contributed by atoms with Gasteiger partial charge in [0, 0.05) is 19.2 Å². The molecule has 0 saturated carbocycles. The van der Waals surface area contributed by atoms with Gasteiger partial charge in [-0.2, -0.15) is 5.10 Å². The van der Waals surface area contributed by atoms with Crippen LogP contribution in [0.1, 0.15) is 5.82 Å². The predicted octanol–water partition coefficient (Wildman–Crippen LogP) is 0.762. The van der Waals surface area contributed by atoms with Crippen molar-refractivity contribution in [2.45, 2.75) is 6.42 Å². The standard InChI is InChI=1S/C9H10N6O2/c16-15(17)8-5-10-3-1-7(8)11-4-2-9-12-6-13-14-9/h1,3,5-6H,2,4H2,(H,10,11)(H,12,13,14). The topological polar surface area (TPSA) is 110 Å². The molecule has 2 rings (SSSR count). The Balaban J connectivity index is 1.97. The largest absolute Gasteiger partial charge is 0.379 e. The summed E-state index contributed by atoms with van der Waals surface area (Å²) < 4.78 is 0. The number of pyridine rings is 1. The van der Waals surface area contributed by atoms with Crippen LogP contribution in [-0.4, -0.2) is 31.6 Å². The fourth-order valence-corrected chi connectivity index (χ4v) is 1.35. The molecule has 8 heteroatoms. The van der Waals surface area contributed by atoms with E-state index in [-0.39, 0.29) is 5.69 Å². The minimum atomic E-state index is -0.468. The van der Waals surface area contributed by atoms with Crippen LogP contribution in [0.4, 0.5) is 11.4 Å². The molecule has 2 N–H and O–H groups in total. The van der Waals surface area contributed by atoms with Gasteiger partial charge in [-0.05, 0) is 6.07 Å². The number of rotatable bonds is 5. The lowest BCUT2D eigenvalue weighted by Crippen LogP contribution is -2.08. The van der Waals surface area contributed by atoms with Gasteiger partial charge in [-0.15, -0.1) is 0 Å². The molecule has 0 aliphatic carbocycles. The lowest BCUT2D eigenvalue weighted by atomic mass is 10.3. The summed E-state index contributed by atoms with van der Waals surface area (Å²) in [5.41, 5.74) is 0.412. The molecule has 0 aliphatic rings. The molecule has 0 fully saturated rings. The summed E-state index contributed by atoms with van der Waals surface area (Å²) >= 11 is 0. The third-order valence-electron chi connectivity index (χ3n) is 2.14. The van der Waals surface area contributed by atoms with Crippen molar-refractivity contribution in [2.75, 3.05) is 11.9 Å². The van der Waals surface area contributed by atoms with E-state index in [1.807, 2.05) is 0 Å². The number of nitrogens with zero attached hydrogens (tertiary/aromatic N) is 4. The molecule has 0 radical (unpaired) electrons. The highest BCUT2D eigenvalue weighted by Crippen LogP contribution is 2.21. The second kappa shape index (κ2) is 5.01. The zero-order chi connectivity index (χ0) is 12.1. The summed E-state index contributed by atoms with van der Waals surface area (Å²) in [5, 5.41) is 20.1. The summed E-state index contributed by atoms with van der Waals surface area (Å²) in [6.45, 7) is 0.528. The van der Waals surface area contributed by atoms with E-state index in [4.69, 9.17) is 0 Å². The Morgan fingerprint density at radius 3 is 3.12 bits per heavy atom. The Hall–Kier alpha value is -2.51. The van der Waals surface area contributed by atoms with Crippen LogP contribution in [0.3, 0.4) is 0 Å². The highest BCUT2D eigenvalue weighted by atomic mass is 16.6. The lowest BCUT2D eigenvalue weighted by molar-refractivity contribution is -0.384. The van der Waals surface area contributed by atoms with Crippen LogP contribution in [0.2, 0.25) is 0 Å². The molecule has 17 heavy (non-hydrogen) atoms. The fourth-order valence-electron chi connectivity index (χ4n) is 1.35. The van der Waals surface area contributed by atoms with Gasteiger partial charge < -0.3 is 5.32 Å². The summed E-state index contributed by atoms with van der Waals surface area (Å²) in [6.07, 6.45) is 4.75. The summed E-state index contributed by atoms with van der Waals surface area (Å²) in [7, 11) is 0. The normalized spacial score (nSPS) is 10.1. The Bertz CT molecular complexity index is 498. The molecule has 0 amide bonds. The zero-order valence-electron chi connectivity index (χ0n) is 8.83. The number of nitro groups is 1. The molecule has 88 valence electrons. The highest BCUT2D eigenvalue weighted by molar-refractivity contribution is 5.59. The molecule has 0 aliphatic heterocycles. The van der Waals surface area contributed by atoms with E-state index >= 15 is 0 Å². The molecule has 8 nitrogen and oxygen atoms in total. The maximum atomic E-state index is 10.7. The van der Waals surface area contributed by atoms with Crippen LogP contribution < -0.4 is 5.32 Å². The third-order valence-corrected chi connectivity index (χ3v) is 2.14. The average molecular weight is 234 g/mol. The molecule has 0 aromatic carbocycles. The Kier molecular flexibility index (Phi) is 3.24. The van der Waals surface area contributed by atoms with Crippen molar-refractivity contribution < 1.29 is 4.92 Å². The molecule has 0 unspecified atom stereocenters. The number of hydrogen-bond donors (Lipinski definition) is 2. The van der Waals surface area contributed by atoms with E-state index in [2.05, 4.69) is 25.5 Å². The second-order valence-electron chi connectivity index (χ2n) is 3.26. The van der Waals surface area contributed by atoms with Gasteiger partial charge in [0.2, 0.25) is 0 Å². The first-order chi connectivity index (χ1) is 8.27. The number of aromatic nitrogens is 4. The Labute approximate surface area is 96.3 Å². The van der Waals surface area contributed by atoms with E-state index in [0.29, 0.717) is 18.7 Å². The average Bonchev–Trinajstić information content (AvgIpc) is 2.82. The molecule has 2 aromatic heterocycles. The summed E-state index contributed by atoms with van der Waals surface area (Å²) in [6, 6.07) is 1.57. The maximum absolute atomic E-state index is 10.7. The number of anilines is 1. The van der Waals surface area contributed by atoms with Crippen molar-refractivity contribution in [1.82, 2.24) is 20.2 Å². The Morgan fingerprint density at radius 2 is 2.41 bits per heavy atom. The molecule has 0 bridgehead atoms. The van der Waals surface area contributed by atoms with Crippen LogP contribution in [0, 0.1) is 10.1 Å². The van der Waals surface area contributed by atoms with E-state index in [1.165, 1.54) is 18.7 Å². The maximum Gasteiger partial charge on any atom is 0.310 e. The van der Waals surface area contributed by atoms with E-state index in [9.17, 15) is 10.1 Å². The monoisotopic (exact) mass is 234 g/mol. The van der Waals surface area contributed by atoms with Crippen molar-refractivity contribution in [3.63, 3.8) is 0 Å². The molecule has 0 spiro atoms. The van der Waals surface area contributed by atoms with E-state index in [1.54, 1.807) is 6.07 Å². The van der Waals surface area contributed by atoms with Crippen LogP contribution in [0.15, 0.2) is 24.8 Å². The molecular formula is C9H10N6O2. The zero-order valence-corrected chi connectivity index (χ0v) is 8.83. The van der Waals surface area contributed by atoms with Gasteiger partial charge in [-0.1, -0.05) is 0 Å². The van der Waals surface area contributed by atoms with Crippen LogP contribution in [-0.2, 0) is 6.42 Å². The Morgan fingerprint density at radius 1 is 1.53 bits per heavy atom.